The predicted molar refractivity (Wildman–Crippen MR) is 83.5 cm³/mol. The molecule has 0 bridgehead atoms. The van der Waals surface area contributed by atoms with Crippen LogP contribution in [0.5, 0.6) is 0 Å². The average molecular weight is 348 g/mol. The van der Waals surface area contributed by atoms with Crippen LogP contribution in [0.15, 0.2) is 22.7 Å². The van der Waals surface area contributed by atoms with Crippen LogP contribution in [0.3, 0.4) is 0 Å². The monoisotopic (exact) mass is 346 g/mol. The number of amides is 1. The molecule has 1 unspecified atom stereocenters. The van der Waals surface area contributed by atoms with Gasteiger partial charge in [0.05, 0.1) is 10.6 Å². The summed E-state index contributed by atoms with van der Waals surface area (Å²) in [6, 6.07) is 5.21. The van der Waals surface area contributed by atoms with Gasteiger partial charge in [0.15, 0.2) is 0 Å². The Morgan fingerprint density at radius 1 is 1.53 bits per heavy atom. The lowest BCUT2D eigenvalue weighted by molar-refractivity contribution is 0.0898. The van der Waals surface area contributed by atoms with Crippen molar-refractivity contribution < 1.29 is 4.79 Å². The van der Waals surface area contributed by atoms with Crippen molar-refractivity contribution in [2.24, 2.45) is 11.7 Å². The number of benzene rings is 1. The topological polar surface area (TPSA) is 55.1 Å². The van der Waals surface area contributed by atoms with E-state index in [0.717, 1.165) is 10.9 Å². The molecule has 19 heavy (non-hydrogen) atoms. The third-order valence-corrected chi connectivity index (χ3v) is 3.72. The Morgan fingerprint density at radius 3 is 2.68 bits per heavy atom. The van der Waals surface area contributed by atoms with Crippen molar-refractivity contribution >= 4 is 33.4 Å². The minimum atomic E-state index is -0.420. The molecule has 3 nitrogen and oxygen atoms in total. The average Bonchev–Trinajstić information content (AvgIpc) is 2.31. The third kappa shape index (κ3) is 4.79. The highest BCUT2D eigenvalue weighted by molar-refractivity contribution is 9.10. The van der Waals surface area contributed by atoms with Crippen LogP contribution in [-0.4, -0.2) is 18.0 Å². The number of hydrogen-bond acceptors (Lipinski definition) is 2. The van der Waals surface area contributed by atoms with E-state index >= 15 is 0 Å². The highest BCUT2D eigenvalue weighted by atomic mass is 79.9. The van der Waals surface area contributed by atoms with Crippen molar-refractivity contribution in [2.75, 3.05) is 6.54 Å². The highest BCUT2D eigenvalue weighted by Gasteiger charge is 2.27. The van der Waals surface area contributed by atoms with E-state index in [1.807, 2.05) is 6.92 Å². The first-order valence-corrected chi connectivity index (χ1v) is 7.42. The number of halogens is 2. The quantitative estimate of drug-likeness (QED) is 0.855. The Balaban J connectivity index is 2.91. The summed E-state index contributed by atoms with van der Waals surface area (Å²) in [4.78, 5) is 12.3. The van der Waals surface area contributed by atoms with Gasteiger partial charge in [0.2, 0.25) is 0 Å². The molecule has 1 rings (SSSR count). The maximum Gasteiger partial charge on any atom is 0.253 e. The lowest BCUT2D eigenvalue weighted by Gasteiger charge is -2.31. The van der Waals surface area contributed by atoms with Crippen molar-refractivity contribution in [1.29, 1.82) is 0 Å². The first-order valence-electron chi connectivity index (χ1n) is 6.25. The van der Waals surface area contributed by atoms with Gasteiger partial charge in [0, 0.05) is 16.6 Å². The molecule has 106 valence electrons. The van der Waals surface area contributed by atoms with Crippen LogP contribution in [0.1, 0.15) is 37.6 Å². The normalized spacial score (nSPS) is 14.3. The van der Waals surface area contributed by atoms with Gasteiger partial charge in [-0.3, -0.25) is 4.79 Å². The number of nitrogens with one attached hydrogen (secondary N) is 1. The Labute approximate surface area is 128 Å². The van der Waals surface area contributed by atoms with Crippen molar-refractivity contribution in [3.63, 3.8) is 0 Å². The van der Waals surface area contributed by atoms with Gasteiger partial charge in [-0.05, 0) is 37.5 Å². The van der Waals surface area contributed by atoms with Crippen LogP contribution in [0.4, 0.5) is 0 Å². The van der Waals surface area contributed by atoms with Crippen LogP contribution < -0.4 is 11.1 Å². The zero-order valence-electron chi connectivity index (χ0n) is 11.5. The zero-order valence-corrected chi connectivity index (χ0v) is 13.8. The van der Waals surface area contributed by atoms with Crippen LogP contribution >= 0.6 is 27.5 Å². The lowest BCUT2D eigenvalue weighted by Crippen LogP contribution is -2.52. The summed E-state index contributed by atoms with van der Waals surface area (Å²) in [6.45, 7) is 6.55. The summed E-state index contributed by atoms with van der Waals surface area (Å²) in [5.41, 5.74) is 5.83. The Bertz CT molecular complexity index is 465. The van der Waals surface area contributed by atoms with Crippen LogP contribution in [0.25, 0.3) is 0 Å². The van der Waals surface area contributed by atoms with Gasteiger partial charge in [-0.15, -0.1) is 0 Å². The summed E-state index contributed by atoms with van der Waals surface area (Å²) in [7, 11) is 0. The summed E-state index contributed by atoms with van der Waals surface area (Å²) >= 11 is 9.39. The number of carbonyl (C=O) groups excluding carboxylic acids is 1. The first-order chi connectivity index (χ1) is 8.77. The molecule has 5 heteroatoms. The lowest BCUT2D eigenvalue weighted by atomic mass is 9.90. The van der Waals surface area contributed by atoms with E-state index in [9.17, 15) is 4.79 Å². The number of nitrogens with two attached hydrogens (primary N) is 1. The van der Waals surface area contributed by atoms with Crippen molar-refractivity contribution in [3.8, 4) is 0 Å². The summed E-state index contributed by atoms with van der Waals surface area (Å²) in [5, 5.41) is 3.42. The van der Waals surface area contributed by atoms with Crippen molar-refractivity contribution in [3.05, 3.63) is 33.3 Å². The SMILES string of the molecule is CC(C)CC(C)(CN)NC(=O)c1cc(Br)ccc1Cl. The Hall–Kier alpha value is -0.580. The van der Waals surface area contributed by atoms with E-state index in [1.54, 1.807) is 18.2 Å². The molecule has 0 aromatic heterocycles. The molecule has 0 aliphatic carbocycles. The van der Waals surface area contributed by atoms with Gasteiger partial charge in [0.1, 0.15) is 0 Å². The minimum Gasteiger partial charge on any atom is -0.346 e. The summed E-state index contributed by atoms with van der Waals surface area (Å²) < 4.78 is 0.820. The van der Waals surface area contributed by atoms with E-state index in [2.05, 4.69) is 35.1 Å². The molecular weight excluding hydrogens is 328 g/mol. The molecular formula is C14H20BrClN2O. The Kier molecular flexibility index (Phi) is 5.83. The molecule has 0 aliphatic heterocycles. The molecule has 0 heterocycles. The first kappa shape index (κ1) is 16.5. The zero-order chi connectivity index (χ0) is 14.6. The van der Waals surface area contributed by atoms with Crippen molar-refractivity contribution in [1.82, 2.24) is 5.32 Å². The second-order valence-electron chi connectivity index (χ2n) is 5.44. The number of rotatable bonds is 5. The van der Waals surface area contributed by atoms with E-state index < -0.39 is 5.54 Å². The molecule has 0 fully saturated rings. The maximum absolute atomic E-state index is 12.3. The fourth-order valence-corrected chi connectivity index (χ4v) is 2.66. The molecule has 1 amide bonds. The summed E-state index contributed by atoms with van der Waals surface area (Å²) in [6.07, 6.45) is 0.820. The van der Waals surface area contributed by atoms with Crippen LogP contribution in [0, 0.1) is 5.92 Å². The second kappa shape index (κ2) is 6.73. The van der Waals surface area contributed by atoms with Gasteiger partial charge in [-0.25, -0.2) is 0 Å². The van der Waals surface area contributed by atoms with Gasteiger partial charge in [-0.1, -0.05) is 41.4 Å². The van der Waals surface area contributed by atoms with E-state index in [0.29, 0.717) is 23.0 Å². The van der Waals surface area contributed by atoms with Gasteiger partial charge in [0.25, 0.3) is 5.91 Å². The second-order valence-corrected chi connectivity index (χ2v) is 6.76. The van der Waals surface area contributed by atoms with E-state index in [4.69, 9.17) is 17.3 Å². The largest absolute Gasteiger partial charge is 0.346 e. The fourth-order valence-electron chi connectivity index (χ4n) is 2.10. The van der Waals surface area contributed by atoms with Gasteiger partial charge >= 0.3 is 0 Å². The molecule has 0 aliphatic rings. The Morgan fingerprint density at radius 2 is 2.16 bits per heavy atom. The minimum absolute atomic E-state index is 0.195. The predicted octanol–water partition coefficient (Wildman–Crippen LogP) is 3.60. The van der Waals surface area contributed by atoms with Crippen LogP contribution in [-0.2, 0) is 0 Å². The molecule has 0 radical (unpaired) electrons. The fraction of sp³-hybridized carbons (Fsp3) is 0.500. The summed E-state index contributed by atoms with van der Waals surface area (Å²) in [5.74, 6) is 0.256. The molecule has 1 aromatic carbocycles. The van der Waals surface area contributed by atoms with E-state index in [1.165, 1.54) is 0 Å². The molecule has 3 N–H and O–H groups in total. The van der Waals surface area contributed by atoms with Gasteiger partial charge < -0.3 is 11.1 Å². The smallest absolute Gasteiger partial charge is 0.253 e. The standard InChI is InChI=1S/C14H20BrClN2O/c1-9(2)7-14(3,8-17)18-13(19)11-6-10(15)4-5-12(11)16/h4-6,9H,7-8,17H2,1-3H3,(H,18,19). The molecule has 1 atom stereocenters. The molecule has 0 saturated heterocycles. The van der Waals surface area contributed by atoms with Crippen LogP contribution in [0.2, 0.25) is 5.02 Å². The number of hydrogen-bond donors (Lipinski definition) is 2. The highest BCUT2D eigenvalue weighted by Crippen LogP contribution is 2.22. The van der Waals surface area contributed by atoms with Gasteiger partial charge in [-0.2, -0.15) is 0 Å². The third-order valence-electron chi connectivity index (χ3n) is 2.90. The maximum atomic E-state index is 12.3. The van der Waals surface area contributed by atoms with E-state index in [-0.39, 0.29) is 5.91 Å². The molecule has 1 aromatic rings. The number of carbonyl (C=O) groups is 1. The molecule has 0 saturated carbocycles. The van der Waals surface area contributed by atoms with Crippen molar-refractivity contribution in [2.45, 2.75) is 32.7 Å². The molecule has 0 spiro atoms.